The van der Waals surface area contributed by atoms with Crippen molar-refractivity contribution in [1.82, 2.24) is 0 Å². The van der Waals surface area contributed by atoms with Crippen LogP contribution in [-0.4, -0.2) is 44.9 Å². The van der Waals surface area contributed by atoms with Crippen molar-refractivity contribution in [2.45, 2.75) is 69.8 Å². The van der Waals surface area contributed by atoms with Crippen LogP contribution in [0.25, 0.3) is 0 Å². The van der Waals surface area contributed by atoms with E-state index in [1.165, 1.54) is 6.42 Å². The highest BCUT2D eigenvalue weighted by Crippen LogP contribution is 2.49. The summed E-state index contributed by atoms with van der Waals surface area (Å²) in [7, 11) is 4.81. The Morgan fingerprint density at radius 1 is 0.900 bits per heavy atom. The van der Waals surface area contributed by atoms with Crippen LogP contribution in [-0.2, 0) is 14.3 Å². The molecule has 0 amide bonds. The number of methoxy groups -OCH3 is 3. The third-order valence-electron chi connectivity index (χ3n) is 8.38. The van der Waals surface area contributed by atoms with Gasteiger partial charge in [0.1, 0.15) is 17.8 Å². The fourth-order valence-corrected chi connectivity index (χ4v) is 6.79. The van der Waals surface area contributed by atoms with Crippen LogP contribution in [0.1, 0.15) is 74.8 Å². The van der Waals surface area contributed by atoms with Gasteiger partial charge in [-0.1, -0.05) is 28.4 Å². The molecule has 0 aromatic heterocycles. The predicted octanol–water partition coefficient (Wildman–Crippen LogP) is 6.93. The first-order chi connectivity index (χ1) is 19.3. The molecule has 2 aromatic rings. The molecule has 0 spiro atoms. The van der Waals surface area contributed by atoms with Crippen molar-refractivity contribution in [2.75, 3.05) is 21.3 Å². The number of ether oxygens (including phenoxy) is 4. The van der Waals surface area contributed by atoms with Crippen molar-refractivity contribution in [3.05, 3.63) is 63.3 Å². The second-order valence-corrected chi connectivity index (χ2v) is 11.7. The lowest BCUT2D eigenvalue weighted by atomic mass is 9.69. The first-order valence-corrected chi connectivity index (χ1v) is 14.7. The topological polar surface area (TPSA) is 83.4 Å². The number of halogens is 1. The Bertz CT molecular complexity index is 1360. The molecule has 2 aromatic carbocycles. The highest BCUT2D eigenvalue weighted by atomic mass is 79.9. The lowest BCUT2D eigenvalue weighted by molar-refractivity contribution is -0.153. The maximum Gasteiger partial charge on any atom is 0.315 e. The van der Waals surface area contributed by atoms with Gasteiger partial charge in [0.2, 0.25) is 0 Å². The molecule has 0 bridgehead atoms. The van der Waals surface area contributed by atoms with E-state index in [4.69, 9.17) is 23.9 Å². The number of nitrogens with zero attached hydrogens (tertiary/aromatic N) is 1. The normalized spacial score (nSPS) is 23.3. The Hall–Kier alpha value is -3.13. The van der Waals surface area contributed by atoms with Gasteiger partial charge in [-0.15, -0.1) is 0 Å². The molecule has 40 heavy (non-hydrogen) atoms. The van der Waals surface area contributed by atoms with Crippen LogP contribution >= 0.6 is 15.9 Å². The molecular formula is C32H36BrNO6. The number of benzene rings is 2. The molecule has 5 rings (SSSR count). The fraction of sp³-hybridized carbons (Fsp3) is 0.469. The van der Waals surface area contributed by atoms with Crippen LogP contribution < -0.4 is 14.2 Å². The fourth-order valence-electron chi connectivity index (χ4n) is 6.41. The molecule has 1 heterocycles. The first-order valence-electron chi connectivity index (χ1n) is 13.9. The SMILES string of the molecule is COc1ccc([C@@H]2CC(=O)C3=C(C2)N=C(C)C(C(=O)OC2CCCCC2)[C@H]3c2cc(Br)ccc2OC)cc1OC. The van der Waals surface area contributed by atoms with Gasteiger partial charge in [0.05, 0.1) is 21.3 Å². The summed E-state index contributed by atoms with van der Waals surface area (Å²) in [6.07, 6.45) is 5.82. The zero-order valence-corrected chi connectivity index (χ0v) is 25.1. The van der Waals surface area contributed by atoms with Crippen LogP contribution in [0.5, 0.6) is 17.2 Å². The minimum absolute atomic E-state index is 0.0141. The number of hydrogen-bond acceptors (Lipinski definition) is 7. The smallest absolute Gasteiger partial charge is 0.315 e. The second-order valence-electron chi connectivity index (χ2n) is 10.8. The molecule has 3 aliphatic rings. The van der Waals surface area contributed by atoms with Crippen molar-refractivity contribution in [1.29, 1.82) is 0 Å². The van der Waals surface area contributed by atoms with Crippen molar-refractivity contribution in [2.24, 2.45) is 10.9 Å². The van der Waals surface area contributed by atoms with Gasteiger partial charge in [0.15, 0.2) is 17.3 Å². The molecule has 7 nitrogen and oxygen atoms in total. The Labute approximate surface area is 244 Å². The number of ketones is 1. The number of Topliss-reactive ketones (excluding diaryl/α,β-unsaturated/α-hetero) is 1. The summed E-state index contributed by atoms with van der Waals surface area (Å²) < 4.78 is 23.6. The monoisotopic (exact) mass is 609 g/mol. The number of rotatable bonds is 7. The summed E-state index contributed by atoms with van der Waals surface area (Å²) in [5, 5.41) is 0. The van der Waals surface area contributed by atoms with Crippen LogP contribution in [0, 0.1) is 5.92 Å². The zero-order chi connectivity index (χ0) is 28.4. The van der Waals surface area contributed by atoms with Gasteiger partial charge in [0.25, 0.3) is 0 Å². The van der Waals surface area contributed by atoms with Crippen molar-refractivity contribution < 1.29 is 28.5 Å². The second kappa shape index (κ2) is 12.2. The van der Waals surface area contributed by atoms with Crippen molar-refractivity contribution in [3.63, 3.8) is 0 Å². The molecular weight excluding hydrogens is 574 g/mol. The van der Waals surface area contributed by atoms with E-state index in [1.54, 1.807) is 21.3 Å². The van der Waals surface area contributed by atoms with E-state index in [1.807, 2.05) is 43.3 Å². The van der Waals surface area contributed by atoms with Gasteiger partial charge >= 0.3 is 5.97 Å². The van der Waals surface area contributed by atoms with Gasteiger partial charge in [-0.05, 0) is 80.8 Å². The molecule has 3 atom stereocenters. The maximum absolute atomic E-state index is 14.0. The third-order valence-corrected chi connectivity index (χ3v) is 8.88. The molecule has 1 unspecified atom stereocenters. The molecule has 212 valence electrons. The molecule has 8 heteroatoms. The standard InChI is InChI=1S/C32H36BrNO6/c1-18-29(32(36)40-22-8-6-5-7-9-22)30(23-17-21(33)11-13-26(23)37-2)31-24(34-18)14-20(15-25(31)35)19-10-12-27(38-3)28(16-19)39-4/h10-13,16-17,20,22,29-30H,5-9,14-15H2,1-4H3/t20-,29?,30+/m0/s1. The van der Waals surface area contributed by atoms with Crippen molar-refractivity contribution >= 4 is 33.4 Å². The van der Waals surface area contributed by atoms with E-state index in [-0.39, 0.29) is 23.8 Å². The molecule has 2 aliphatic carbocycles. The van der Waals surface area contributed by atoms with Gasteiger partial charge in [-0.25, -0.2) is 0 Å². The Kier molecular flexibility index (Phi) is 8.64. The van der Waals surface area contributed by atoms with Crippen LogP contribution in [0.3, 0.4) is 0 Å². The van der Waals surface area contributed by atoms with Crippen LogP contribution in [0.15, 0.2) is 57.1 Å². The number of carbonyl (C=O) groups excluding carboxylic acids is 2. The average molecular weight is 611 g/mol. The van der Waals surface area contributed by atoms with E-state index >= 15 is 0 Å². The lowest BCUT2D eigenvalue weighted by Gasteiger charge is -2.37. The van der Waals surface area contributed by atoms with Gasteiger partial charge in [-0.3, -0.25) is 14.6 Å². The van der Waals surface area contributed by atoms with E-state index in [0.717, 1.165) is 47.0 Å². The van der Waals surface area contributed by atoms with Crippen molar-refractivity contribution in [3.8, 4) is 17.2 Å². The quantitative estimate of drug-likeness (QED) is 0.317. The Balaban J connectivity index is 1.56. The first kappa shape index (κ1) is 28.4. The van der Waals surface area contributed by atoms with Crippen LogP contribution in [0.4, 0.5) is 0 Å². The zero-order valence-electron chi connectivity index (χ0n) is 23.5. The molecule has 0 saturated heterocycles. The van der Waals surface area contributed by atoms with E-state index in [0.29, 0.717) is 41.4 Å². The Morgan fingerprint density at radius 2 is 1.60 bits per heavy atom. The summed E-state index contributed by atoms with van der Waals surface area (Å²) in [5.41, 5.74) is 3.74. The highest BCUT2D eigenvalue weighted by molar-refractivity contribution is 9.10. The number of allylic oxidation sites excluding steroid dienone is 2. The van der Waals surface area contributed by atoms with Gasteiger partial charge in [0, 0.05) is 39.4 Å². The predicted molar refractivity (Wildman–Crippen MR) is 157 cm³/mol. The maximum atomic E-state index is 14.0. The minimum atomic E-state index is -0.703. The third kappa shape index (κ3) is 5.55. The molecule has 0 radical (unpaired) electrons. The van der Waals surface area contributed by atoms with E-state index in [2.05, 4.69) is 15.9 Å². The molecule has 1 aliphatic heterocycles. The largest absolute Gasteiger partial charge is 0.496 e. The number of esters is 1. The van der Waals surface area contributed by atoms with Gasteiger partial charge < -0.3 is 18.9 Å². The summed E-state index contributed by atoms with van der Waals surface area (Å²) in [5.74, 6) is 0.235. The van der Waals surface area contributed by atoms with Gasteiger partial charge in [-0.2, -0.15) is 0 Å². The molecule has 1 fully saturated rings. The summed E-state index contributed by atoms with van der Waals surface area (Å²) in [6.45, 7) is 1.87. The van der Waals surface area contributed by atoms with E-state index in [9.17, 15) is 9.59 Å². The number of aliphatic imine (C=N–C) groups is 1. The summed E-state index contributed by atoms with van der Waals surface area (Å²) in [4.78, 5) is 32.8. The lowest BCUT2D eigenvalue weighted by Crippen LogP contribution is -2.39. The Morgan fingerprint density at radius 3 is 2.30 bits per heavy atom. The van der Waals surface area contributed by atoms with Crippen LogP contribution in [0.2, 0.25) is 0 Å². The average Bonchev–Trinajstić information content (AvgIpc) is 2.96. The minimum Gasteiger partial charge on any atom is -0.496 e. The molecule has 1 saturated carbocycles. The highest BCUT2D eigenvalue weighted by Gasteiger charge is 2.46. The molecule has 0 N–H and O–H groups in total. The summed E-state index contributed by atoms with van der Waals surface area (Å²) in [6, 6.07) is 11.5. The number of carbonyl (C=O) groups is 2. The van der Waals surface area contributed by atoms with E-state index < -0.39 is 11.8 Å². The summed E-state index contributed by atoms with van der Waals surface area (Å²) >= 11 is 3.59. The number of hydrogen-bond donors (Lipinski definition) is 0.